The molecule has 1 aliphatic carbocycles. The van der Waals surface area contributed by atoms with E-state index in [1.807, 2.05) is 30.3 Å². The average Bonchev–Trinajstić information content (AvgIpc) is 2.84. The molecule has 4 rings (SSSR count). The number of aromatic nitrogens is 2. The first-order valence-corrected chi connectivity index (χ1v) is 10.8. The van der Waals surface area contributed by atoms with Crippen molar-refractivity contribution in [3.05, 3.63) is 90.3 Å². The van der Waals surface area contributed by atoms with Crippen LogP contribution in [-0.4, -0.2) is 27.8 Å². The third-order valence-electron chi connectivity index (χ3n) is 5.68. The van der Waals surface area contributed by atoms with Crippen molar-refractivity contribution in [1.29, 1.82) is 0 Å². The summed E-state index contributed by atoms with van der Waals surface area (Å²) < 4.78 is 13.7. The summed E-state index contributed by atoms with van der Waals surface area (Å²) in [4.78, 5) is 36.7. The van der Waals surface area contributed by atoms with E-state index in [1.54, 1.807) is 0 Å². The Morgan fingerprint density at radius 2 is 1.69 bits per heavy atom. The van der Waals surface area contributed by atoms with Gasteiger partial charge in [0.25, 0.3) is 5.91 Å². The fraction of sp³-hybridized carbons (Fsp3) is 0.280. The molecule has 0 spiro atoms. The SMILES string of the molecule is O=C(NC1CCCCC1)C(c1ccccc1)N(C(=O)c1cnccn1)c1ccc(F)cc1. The van der Waals surface area contributed by atoms with Gasteiger partial charge in [0, 0.05) is 24.1 Å². The quantitative estimate of drug-likeness (QED) is 0.624. The minimum absolute atomic E-state index is 0.0733. The molecule has 0 bridgehead atoms. The van der Waals surface area contributed by atoms with Crippen LogP contribution in [0, 0.1) is 5.82 Å². The molecule has 1 fully saturated rings. The number of benzene rings is 2. The Labute approximate surface area is 186 Å². The van der Waals surface area contributed by atoms with Gasteiger partial charge in [0.2, 0.25) is 5.91 Å². The van der Waals surface area contributed by atoms with Crippen molar-refractivity contribution in [2.45, 2.75) is 44.2 Å². The van der Waals surface area contributed by atoms with Gasteiger partial charge in [-0.3, -0.25) is 19.5 Å². The van der Waals surface area contributed by atoms with Gasteiger partial charge < -0.3 is 5.32 Å². The van der Waals surface area contributed by atoms with E-state index in [2.05, 4.69) is 15.3 Å². The molecule has 1 atom stereocenters. The number of amides is 2. The molecule has 0 aliphatic heterocycles. The number of hydrogen-bond donors (Lipinski definition) is 1. The highest BCUT2D eigenvalue weighted by Gasteiger charge is 2.35. The van der Waals surface area contributed by atoms with Gasteiger partial charge in [-0.1, -0.05) is 49.6 Å². The molecule has 1 aliphatic rings. The van der Waals surface area contributed by atoms with Crippen LogP contribution in [0.2, 0.25) is 0 Å². The first kappa shape index (κ1) is 21.6. The van der Waals surface area contributed by atoms with Crippen molar-refractivity contribution in [1.82, 2.24) is 15.3 Å². The van der Waals surface area contributed by atoms with Crippen LogP contribution in [0.5, 0.6) is 0 Å². The Kier molecular flexibility index (Phi) is 6.84. The maximum atomic E-state index is 13.7. The fourth-order valence-corrected chi connectivity index (χ4v) is 4.10. The summed E-state index contributed by atoms with van der Waals surface area (Å²) in [7, 11) is 0. The molecule has 32 heavy (non-hydrogen) atoms. The first-order chi connectivity index (χ1) is 15.6. The number of nitrogens with zero attached hydrogens (tertiary/aromatic N) is 3. The van der Waals surface area contributed by atoms with Crippen LogP contribution < -0.4 is 10.2 Å². The van der Waals surface area contributed by atoms with Gasteiger partial charge in [-0.25, -0.2) is 9.37 Å². The minimum Gasteiger partial charge on any atom is -0.351 e. The molecule has 1 heterocycles. The van der Waals surface area contributed by atoms with Crippen molar-refractivity contribution in [3.8, 4) is 0 Å². The Hall–Kier alpha value is -3.61. The molecule has 3 aromatic rings. The zero-order valence-corrected chi connectivity index (χ0v) is 17.7. The van der Waals surface area contributed by atoms with E-state index in [-0.39, 0.29) is 17.6 Å². The molecule has 1 N–H and O–H groups in total. The smallest absolute Gasteiger partial charge is 0.279 e. The van der Waals surface area contributed by atoms with E-state index in [0.717, 1.165) is 25.7 Å². The van der Waals surface area contributed by atoms with Crippen molar-refractivity contribution in [2.24, 2.45) is 0 Å². The lowest BCUT2D eigenvalue weighted by molar-refractivity contribution is -0.123. The molecule has 0 saturated heterocycles. The van der Waals surface area contributed by atoms with E-state index in [4.69, 9.17) is 0 Å². The van der Waals surface area contributed by atoms with Crippen LogP contribution in [0.25, 0.3) is 0 Å². The number of halogens is 1. The van der Waals surface area contributed by atoms with Gasteiger partial charge in [-0.2, -0.15) is 0 Å². The highest BCUT2D eigenvalue weighted by molar-refractivity contribution is 6.09. The van der Waals surface area contributed by atoms with Crippen molar-refractivity contribution < 1.29 is 14.0 Å². The normalized spacial score (nSPS) is 15.0. The molecule has 6 nitrogen and oxygen atoms in total. The predicted molar refractivity (Wildman–Crippen MR) is 119 cm³/mol. The summed E-state index contributed by atoms with van der Waals surface area (Å²) in [6.07, 6.45) is 9.41. The van der Waals surface area contributed by atoms with E-state index >= 15 is 0 Å². The zero-order valence-electron chi connectivity index (χ0n) is 17.7. The highest BCUT2D eigenvalue weighted by atomic mass is 19.1. The molecular weight excluding hydrogens is 407 g/mol. The number of hydrogen-bond acceptors (Lipinski definition) is 4. The maximum Gasteiger partial charge on any atom is 0.279 e. The lowest BCUT2D eigenvalue weighted by Crippen LogP contribution is -2.47. The minimum atomic E-state index is -0.946. The Morgan fingerprint density at radius 3 is 2.34 bits per heavy atom. The van der Waals surface area contributed by atoms with Gasteiger partial charge >= 0.3 is 0 Å². The monoisotopic (exact) mass is 432 g/mol. The van der Waals surface area contributed by atoms with Crippen LogP contribution in [0.1, 0.15) is 54.2 Å². The standard InChI is InChI=1S/C25H25FN4O2/c26-19-11-13-21(14-12-19)30(25(32)22-17-27-15-16-28-22)23(18-7-3-1-4-8-18)24(31)29-20-9-5-2-6-10-20/h1,3-4,7-8,11-17,20,23H,2,5-6,9-10H2,(H,29,31). The summed E-state index contributed by atoms with van der Waals surface area (Å²) >= 11 is 0. The second kappa shape index (κ2) is 10.1. The Balaban J connectivity index is 1.77. The van der Waals surface area contributed by atoms with Crippen LogP contribution in [0.15, 0.2) is 73.2 Å². The Morgan fingerprint density at radius 1 is 0.969 bits per heavy atom. The third-order valence-corrected chi connectivity index (χ3v) is 5.68. The second-order valence-corrected chi connectivity index (χ2v) is 7.90. The van der Waals surface area contributed by atoms with Gasteiger partial charge in [0.05, 0.1) is 6.20 Å². The molecule has 1 saturated carbocycles. The number of carbonyl (C=O) groups is 2. The van der Waals surface area contributed by atoms with Gasteiger partial charge in [0.15, 0.2) is 0 Å². The van der Waals surface area contributed by atoms with Crippen molar-refractivity contribution in [2.75, 3.05) is 4.90 Å². The maximum absolute atomic E-state index is 13.7. The fourth-order valence-electron chi connectivity index (χ4n) is 4.10. The summed E-state index contributed by atoms with van der Waals surface area (Å²) in [6.45, 7) is 0. The summed E-state index contributed by atoms with van der Waals surface area (Å²) in [5.41, 5.74) is 1.15. The van der Waals surface area contributed by atoms with E-state index in [0.29, 0.717) is 11.3 Å². The molecule has 164 valence electrons. The van der Waals surface area contributed by atoms with Gasteiger partial charge in [-0.15, -0.1) is 0 Å². The molecule has 0 radical (unpaired) electrons. The number of carbonyl (C=O) groups excluding carboxylic acids is 2. The molecule has 1 unspecified atom stereocenters. The topological polar surface area (TPSA) is 75.2 Å². The molecule has 2 aromatic carbocycles. The van der Waals surface area contributed by atoms with E-state index in [1.165, 1.54) is 54.2 Å². The number of rotatable bonds is 6. The number of anilines is 1. The highest BCUT2D eigenvalue weighted by Crippen LogP contribution is 2.30. The summed E-state index contributed by atoms with van der Waals surface area (Å²) in [5, 5.41) is 3.14. The van der Waals surface area contributed by atoms with E-state index < -0.39 is 17.8 Å². The molecule has 1 aromatic heterocycles. The largest absolute Gasteiger partial charge is 0.351 e. The molecule has 2 amide bonds. The van der Waals surface area contributed by atoms with Gasteiger partial charge in [0.1, 0.15) is 17.6 Å². The molecule has 7 heteroatoms. The van der Waals surface area contributed by atoms with Crippen LogP contribution in [0.4, 0.5) is 10.1 Å². The number of nitrogens with one attached hydrogen (secondary N) is 1. The van der Waals surface area contributed by atoms with Crippen LogP contribution in [-0.2, 0) is 4.79 Å². The van der Waals surface area contributed by atoms with Gasteiger partial charge in [-0.05, 0) is 42.7 Å². The van der Waals surface area contributed by atoms with Crippen LogP contribution in [0.3, 0.4) is 0 Å². The van der Waals surface area contributed by atoms with Crippen LogP contribution >= 0.6 is 0 Å². The zero-order chi connectivity index (χ0) is 22.3. The first-order valence-electron chi connectivity index (χ1n) is 10.8. The predicted octanol–water partition coefficient (Wildman–Crippen LogP) is 4.45. The second-order valence-electron chi connectivity index (χ2n) is 7.90. The lowest BCUT2D eigenvalue weighted by atomic mass is 9.94. The summed E-state index contributed by atoms with van der Waals surface area (Å²) in [5.74, 6) is -1.19. The van der Waals surface area contributed by atoms with E-state index in [9.17, 15) is 14.0 Å². The Bertz CT molecular complexity index is 1040. The third kappa shape index (κ3) is 4.99. The average molecular weight is 432 g/mol. The van der Waals surface area contributed by atoms with Crippen molar-refractivity contribution >= 4 is 17.5 Å². The molecular formula is C25H25FN4O2. The van der Waals surface area contributed by atoms with Crippen molar-refractivity contribution in [3.63, 3.8) is 0 Å². The summed E-state index contributed by atoms with van der Waals surface area (Å²) in [6, 6.07) is 13.8. The lowest BCUT2D eigenvalue weighted by Gasteiger charge is -2.33.